The number of para-hydroxylation sites is 1. The van der Waals surface area contributed by atoms with Crippen molar-refractivity contribution in [2.24, 2.45) is 0 Å². The molecule has 0 saturated carbocycles. The van der Waals surface area contributed by atoms with Gasteiger partial charge in [0.25, 0.3) is 0 Å². The van der Waals surface area contributed by atoms with Gasteiger partial charge in [0.05, 0.1) is 6.42 Å². The lowest BCUT2D eigenvalue weighted by Crippen LogP contribution is -2.21. The van der Waals surface area contributed by atoms with E-state index in [1.54, 1.807) is 24.3 Å². The molecule has 0 aromatic heterocycles. The highest BCUT2D eigenvalue weighted by molar-refractivity contribution is 6.03. The normalized spacial score (nSPS) is 14.9. The highest BCUT2D eigenvalue weighted by Crippen LogP contribution is 2.45. The second-order valence-electron chi connectivity index (χ2n) is 8.69. The number of phenolic OH excluding ortho intramolecular Hbond substituents is 4. The van der Waals surface area contributed by atoms with Crippen molar-refractivity contribution >= 4 is 5.78 Å². The number of phenols is 4. The zero-order valence-corrected chi connectivity index (χ0v) is 18.8. The molecular weight excluding hydrogens is 444 g/mol. The van der Waals surface area contributed by atoms with Gasteiger partial charge in [-0.2, -0.15) is 0 Å². The van der Waals surface area contributed by atoms with Crippen molar-refractivity contribution in [3.8, 4) is 28.7 Å². The van der Waals surface area contributed by atoms with Crippen LogP contribution in [0.1, 0.15) is 50.7 Å². The second kappa shape index (κ2) is 9.06. The van der Waals surface area contributed by atoms with Gasteiger partial charge in [0.2, 0.25) is 0 Å². The molecular formula is C29H24O6. The van der Waals surface area contributed by atoms with Crippen molar-refractivity contribution in [1.82, 2.24) is 0 Å². The number of ether oxygens (including phenoxy) is 1. The van der Waals surface area contributed by atoms with Crippen molar-refractivity contribution in [2.45, 2.75) is 25.4 Å². The summed E-state index contributed by atoms with van der Waals surface area (Å²) in [6.45, 7) is 0. The van der Waals surface area contributed by atoms with Crippen molar-refractivity contribution in [3.63, 3.8) is 0 Å². The highest BCUT2D eigenvalue weighted by Gasteiger charge is 2.32. The molecule has 0 fully saturated rings. The molecule has 35 heavy (non-hydrogen) atoms. The number of fused-ring (bicyclic) bond motifs is 1. The van der Waals surface area contributed by atoms with Crippen molar-refractivity contribution in [3.05, 3.63) is 112 Å². The Kier molecular flexibility index (Phi) is 5.79. The van der Waals surface area contributed by atoms with Gasteiger partial charge in [-0.25, -0.2) is 0 Å². The van der Waals surface area contributed by atoms with E-state index in [1.165, 1.54) is 12.1 Å². The van der Waals surface area contributed by atoms with Gasteiger partial charge in [0.15, 0.2) is 5.78 Å². The number of carbonyl (C=O) groups excluding carboxylic acids is 1. The smallest absolute Gasteiger partial charge is 0.174 e. The summed E-state index contributed by atoms with van der Waals surface area (Å²) in [5, 5.41) is 42.2. The van der Waals surface area contributed by atoms with Gasteiger partial charge in [-0.05, 0) is 34.4 Å². The maximum absolute atomic E-state index is 13.0. The first kappa shape index (κ1) is 22.3. The summed E-state index contributed by atoms with van der Waals surface area (Å²) in [4.78, 5) is 13.0. The predicted octanol–water partition coefficient (Wildman–Crippen LogP) is 5.40. The molecule has 4 aromatic rings. The van der Waals surface area contributed by atoms with E-state index in [2.05, 4.69) is 0 Å². The molecule has 1 atom stereocenters. The van der Waals surface area contributed by atoms with E-state index in [4.69, 9.17) is 4.74 Å². The number of rotatable bonds is 5. The Morgan fingerprint density at radius 1 is 0.743 bits per heavy atom. The molecule has 1 unspecified atom stereocenters. The Morgan fingerprint density at radius 3 is 2.23 bits per heavy atom. The first-order valence-corrected chi connectivity index (χ1v) is 11.3. The van der Waals surface area contributed by atoms with Gasteiger partial charge in [-0.1, -0.05) is 60.7 Å². The zero-order chi connectivity index (χ0) is 24.5. The third kappa shape index (κ3) is 4.38. The number of benzene rings is 4. The van der Waals surface area contributed by atoms with Gasteiger partial charge in [-0.15, -0.1) is 0 Å². The molecule has 0 aliphatic carbocycles. The summed E-state index contributed by atoms with van der Waals surface area (Å²) in [6, 6.07) is 22.7. The van der Waals surface area contributed by atoms with E-state index < -0.39 is 6.10 Å². The van der Waals surface area contributed by atoms with Crippen LogP contribution >= 0.6 is 0 Å². The Balaban J connectivity index is 1.46. The van der Waals surface area contributed by atoms with Gasteiger partial charge in [0.1, 0.15) is 40.4 Å². The van der Waals surface area contributed by atoms with E-state index in [0.717, 1.165) is 16.7 Å². The van der Waals surface area contributed by atoms with E-state index in [9.17, 15) is 25.2 Å². The van der Waals surface area contributed by atoms with Crippen LogP contribution in [0.15, 0.2) is 78.9 Å². The van der Waals surface area contributed by atoms with Crippen LogP contribution in [0.4, 0.5) is 0 Å². The Morgan fingerprint density at radius 2 is 1.46 bits per heavy atom. The lowest BCUT2D eigenvalue weighted by Gasteiger charge is -2.27. The fourth-order valence-electron chi connectivity index (χ4n) is 4.49. The van der Waals surface area contributed by atoms with E-state index >= 15 is 0 Å². The molecule has 0 amide bonds. The second-order valence-corrected chi connectivity index (χ2v) is 8.69. The Bertz CT molecular complexity index is 1410. The lowest BCUT2D eigenvalue weighted by molar-refractivity contribution is 0.0844. The van der Waals surface area contributed by atoms with Crippen LogP contribution in [0.5, 0.6) is 28.7 Å². The average molecular weight is 469 g/mol. The maximum Gasteiger partial charge on any atom is 0.174 e. The molecule has 6 heteroatoms. The van der Waals surface area contributed by atoms with Crippen LogP contribution in [-0.4, -0.2) is 26.2 Å². The Labute approximate surface area is 202 Å². The molecule has 1 aliphatic heterocycles. The molecule has 0 saturated heterocycles. The van der Waals surface area contributed by atoms with Crippen molar-refractivity contribution in [2.75, 3.05) is 0 Å². The number of Topliss-reactive ketones (excluding diaryl/α,β-unsaturated/α-hetero) is 1. The molecule has 6 nitrogen and oxygen atoms in total. The first-order valence-electron chi connectivity index (χ1n) is 11.3. The van der Waals surface area contributed by atoms with Gasteiger partial charge >= 0.3 is 0 Å². The highest BCUT2D eigenvalue weighted by atomic mass is 16.5. The standard InChI is InChI=1S/C29H24O6/c30-22-9-5-4-8-19(22)12-17-10-11-23(31)20(13-17)14-21-24(32)15-27-28(29(21)34)25(33)16-26(35-27)18-6-2-1-3-7-18/h1-11,13,15,26,30-32,34H,12,14,16H2. The van der Waals surface area contributed by atoms with Crippen LogP contribution in [-0.2, 0) is 12.8 Å². The minimum Gasteiger partial charge on any atom is -0.508 e. The first-order chi connectivity index (χ1) is 16.9. The summed E-state index contributed by atoms with van der Waals surface area (Å²) in [5.41, 5.74) is 3.04. The number of hydrogen-bond acceptors (Lipinski definition) is 6. The summed E-state index contributed by atoms with van der Waals surface area (Å²) in [7, 11) is 0. The minimum atomic E-state index is -0.504. The lowest BCUT2D eigenvalue weighted by atomic mass is 9.91. The molecule has 0 spiro atoms. The van der Waals surface area contributed by atoms with E-state index in [-0.39, 0.29) is 58.5 Å². The summed E-state index contributed by atoms with van der Waals surface area (Å²) in [5.74, 6) is -0.549. The van der Waals surface area contributed by atoms with Crippen molar-refractivity contribution < 1.29 is 30.0 Å². The Hall–Kier alpha value is -4.45. The number of carbonyl (C=O) groups is 1. The van der Waals surface area contributed by atoms with Crippen LogP contribution in [0.2, 0.25) is 0 Å². The van der Waals surface area contributed by atoms with Crippen LogP contribution < -0.4 is 4.74 Å². The summed E-state index contributed by atoms with van der Waals surface area (Å²) in [6.07, 6.45) is 0.00241. The third-order valence-electron chi connectivity index (χ3n) is 6.33. The summed E-state index contributed by atoms with van der Waals surface area (Å²) < 4.78 is 5.96. The topological polar surface area (TPSA) is 107 Å². The molecule has 5 rings (SSSR count). The van der Waals surface area contributed by atoms with Crippen molar-refractivity contribution in [1.29, 1.82) is 0 Å². The molecule has 176 valence electrons. The fourth-order valence-corrected chi connectivity index (χ4v) is 4.49. The SMILES string of the molecule is O=C1CC(c2ccccc2)Oc2cc(O)c(Cc3cc(Cc4ccccc4O)ccc3O)c(O)c21. The monoisotopic (exact) mass is 468 g/mol. The summed E-state index contributed by atoms with van der Waals surface area (Å²) >= 11 is 0. The largest absolute Gasteiger partial charge is 0.508 e. The van der Waals surface area contributed by atoms with E-state index in [1.807, 2.05) is 42.5 Å². The van der Waals surface area contributed by atoms with Gasteiger partial charge < -0.3 is 25.2 Å². The minimum absolute atomic E-state index is 0.000779. The quantitative estimate of drug-likeness (QED) is 0.313. The van der Waals surface area contributed by atoms with Gasteiger partial charge in [-0.3, -0.25) is 4.79 Å². The predicted molar refractivity (Wildman–Crippen MR) is 130 cm³/mol. The third-order valence-corrected chi connectivity index (χ3v) is 6.33. The maximum atomic E-state index is 13.0. The molecule has 4 N–H and O–H groups in total. The average Bonchev–Trinajstić information content (AvgIpc) is 2.85. The number of ketones is 1. The number of hydrogen-bond donors (Lipinski definition) is 4. The van der Waals surface area contributed by atoms with Crippen LogP contribution in [0.25, 0.3) is 0 Å². The fraction of sp³-hybridized carbons (Fsp3) is 0.138. The van der Waals surface area contributed by atoms with Crippen LogP contribution in [0, 0.1) is 0 Å². The molecule has 4 aromatic carbocycles. The van der Waals surface area contributed by atoms with Crippen LogP contribution in [0.3, 0.4) is 0 Å². The van der Waals surface area contributed by atoms with Gasteiger partial charge in [0, 0.05) is 24.5 Å². The number of aromatic hydroxyl groups is 4. The molecule has 0 radical (unpaired) electrons. The molecule has 1 heterocycles. The zero-order valence-electron chi connectivity index (χ0n) is 18.8. The molecule has 1 aliphatic rings. The molecule has 0 bridgehead atoms. The van der Waals surface area contributed by atoms with E-state index in [0.29, 0.717) is 12.0 Å².